The second-order valence-electron chi connectivity index (χ2n) is 34.4. The first-order chi connectivity index (χ1) is 51.7. The van der Waals surface area contributed by atoms with Gasteiger partial charge in [0.15, 0.2) is 23.3 Å². The van der Waals surface area contributed by atoms with E-state index in [1.807, 2.05) is 24.3 Å². The summed E-state index contributed by atoms with van der Waals surface area (Å²) in [4.78, 5) is 50.6. The van der Waals surface area contributed by atoms with E-state index in [1.54, 1.807) is 0 Å². The predicted molar refractivity (Wildman–Crippen MR) is 441 cm³/mol. The van der Waals surface area contributed by atoms with E-state index in [4.69, 9.17) is 48.9 Å². The molecule has 0 fully saturated rings. The lowest BCUT2D eigenvalue weighted by atomic mass is 9.80. The molecule has 4 atom stereocenters. The van der Waals surface area contributed by atoms with Crippen LogP contribution in [0.25, 0.3) is 89.7 Å². The Labute approximate surface area is 635 Å². The summed E-state index contributed by atoms with van der Waals surface area (Å²) in [6.45, 7) is 41.6. The normalized spacial score (nSPS) is 19.1. The first kappa shape index (κ1) is 70.5. The fourth-order valence-electron chi connectivity index (χ4n) is 19.2. The van der Waals surface area contributed by atoms with Crippen LogP contribution in [-0.4, -0.2) is 115 Å². The molecule has 17 rings (SSSR count). The Kier molecular flexibility index (Phi) is 17.4. The molecule has 6 aliphatic heterocycles. The summed E-state index contributed by atoms with van der Waals surface area (Å²) in [6.07, 6.45) is 4.19. The molecule has 0 unspecified atom stereocenters. The Hall–Kier alpha value is -10.5. The number of aromatic amines is 2. The van der Waals surface area contributed by atoms with E-state index in [0.717, 1.165) is 69.5 Å². The summed E-state index contributed by atoms with van der Waals surface area (Å²) < 4.78 is 27.4. The molecule has 2 N–H and O–H groups in total. The summed E-state index contributed by atoms with van der Waals surface area (Å²) in [7, 11) is 0. The van der Waals surface area contributed by atoms with Gasteiger partial charge < -0.3 is 48.5 Å². The van der Waals surface area contributed by atoms with Gasteiger partial charge in [-0.3, -0.25) is 0 Å². The molecule has 3 aromatic heterocycles. The van der Waals surface area contributed by atoms with Crippen LogP contribution in [0.3, 0.4) is 0 Å². The lowest BCUT2D eigenvalue weighted by Gasteiger charge is -2.47. The molecule has 554 valence electrons. The Morgan fingerprint density at radius 3 is 0.861 bits per heavy atom. The zero-order valence-electron chi connectivity index (χ0n) is 65.8. The Balaban J connectivity index is 0.789. The van der Waals surface area contributed by atoms with Gasteiger partial charge in [-0.25, -0.2) is 29.9 Å². The Morgan fingerprint density at radius 2 is 0.565 bits per heavy atom. The van der Waals surface area contributed by atoms with Crippen molar-refractivity contribution in [2.75, 3.05) is 72.2 Å². The van der Waals surface area contributed by atoms with Crippen LogP contribution in [0.1, 0.15) is 177 Å². The van der Waals surface area contributed by atoms with Gasteiger partial charge >= 0.3 is 0 Å². The largest absolute Gasteiger partial charge is 0.492 e. The number of H-pyrrole nitrogens is 2. The SMILES string of the molecule is Cc1ccc2c(c1)N(CCOc1ccc3c(c1)-c1nc-3nc3[nH]c(nc4nc(nc5[nH]c(n1)c1ccc(OCCN6c7cc(C)ccc7[C@@H](C)CC6(C)C)cc51)-c1ccc(OCCN5c6cc(C)ccc6[C@@H](C)CC5(C)C)cc1-4)c1ccc(OCCN4c5cc(C)ccc5[C@@H](C)CC4(C)C)cc31)C(C)(C)C[C@@H]2C. The van der Waals surface area contributed by atoms with Crippen molar-refractivity contribution in [3.05, 3.63) is 190 Å². The molecule has 0 saturated heterocycles. The van der Waals surface area contributed by atoms with Gasteiger partial charge in [0.05, 0.1) is 26.2 Å². The van der Waals surface area contributed by atoms with Crippen LogP contribution in [0.2, 0.25) is 0 Å². The van der Waals surface area contributed by atoms with E-state index < -0.39 is 0 Å². The van der Waals surface area contributed by atoms with Gasteiger partial charge in [-0.1, -0.05) is 76.2 Å². The zero-order valence-corrected chi connectivity index (χ0v) is 65.8. The number of benzene rings is 8. The van der Waals surface area contributed by atoms with Crippen LogP contribution in [0.15, 0.2) is 146 Å². The monoisotopic (exact) mass is 1440 g/mol. The lowest BCUT2D eigenvalue weighted by molar-refractivity contribution is 0.294. The van der Waals surface area contributed by atoms with E-state index in [2.05, 4.69) is 262 Å². The molecule has 0 spiro atoms. The molecular weight excluding hydrogens is 1340 g/mol. The summed E-state index contributed by atoms with van der Waals surface area (Å²) in [5.41, 5.74) is 20.8. The van der Waals surface area contributed by atoms with E-state index in [1.165, 1.54) is 67.3 Å². The number of hydrogen-bond donors (Lipinski definition) is 2. The number of aromatic nitrogens is 8. The van der Waals surface area contributed by atoms with Crippen molar-refractivity contribution in [3.8, 4) is 68.5 Å². The van der Waals surface area contributed by atoms with Crippen LogP contribution >= 0.6 is 0 Å². The molecule has 8 aromatic carbocycles. The highest BCUT2D eigenvalue weighted by Crippen LogP contribution is 2.49. The van der Waals surface area contributed by atoms with Gasteiger partial charge in [-0.15, -0.1) is 0 Å². The minimum absolute atomic E-state index is 0.0696. The van der Waals surface area contributed by atoms with Gasteiger partial charge in [-0.05, 0) is 274 Å². The van der Waals surface area contributed by atoms with Gasteiger partial charge in [0.25, 0.3) is 0 Å². The van der Waals surface area contributed by atoms with Crippen LogP contribution in [-0.2, 0) is 0 Å². The third-order valence-electron chi connectivity index (χ3n) is 24.2. The third kappa shape index (κ3) is 12.9. The van der Waals surface area contributed by atoms with Crippen molar-refractivity contribution >= 4 is 66.9 Å². The fraction of sp³-hybridized carbons (Fsp3) is 0.391. The molecule has 11 aromatic rings. The second kappa shape index (κ2) is 26.7. The molecule has 9 heterocycles. The maximum Gasteiger partial charge on any atom is 0.164 e. The fourth-order valence-corrected chi connectivity index (χ4v) is 19.2. The molecule has 0 radical (unpaired) electrons. The maximum atomic E-state index is 6.84. The van der Waals surface area contributed by atoms with Crippen LogP contribution in [0.5, 0.6) is 23.0 Å². The van der Waals surface area contributed by atoms with Crippen molar-refractivity contribution in [1.29, 1.82) is 0 Å². The second-order valence-corrected chi connectivity index (χ2v) is 34.4. The summed E-state index contributed by atoms with van der Waals surface area (Å²) in [5, 5.41) is 3.30. The van der Waals surface area contributed by atoms with Crippen molar-refractivity contribution in [3.63, 3.8) is 0 Å². The van der Waals surface area contributed by atoms with Crippen molar-refractivity contribution in [1.82, 2.24) is 39.9 Å². The molecule has 108 heavy (non-hydrogen) atoms. The first-order valence-electron chi connectivity index (χ1n) is 39.1. The summed E-state index contributed by atoms with van der Waals surface area (Å²) >= 11 is 0. The third-order valence-corrected chi connectivity index (χ3v) is 24.2. The number of ether oxygens (including phenoxy) is 4. The smallest absolute Gasteiger partial charge is 0.164 e. The molecule has 8 bridgehead atoms. The van der Waals surface area contributed by atoms with E-state index in [-0.39, 0.29) is 22.2 Å². The number of nitrogens with one attached hydrogen (secondary N) is 2. The van der Waals surface area contributed by atoms with Gasteiger partial charge in [-0.2, -0.15) is 0 Å². The average Bonchev–Trinajstić information content (AvgIpc) is 1.67. The number of aryl methyl sites for hydroxylation is 4. The van der Waals surface area contributed by atoms with E-state index >= 15 is 0 Å². The van der Waals surface area contributed by atoms with Crippen molar-refractivity contribution in [2.24, 2.45) is 0 Å². The van der Waals surface area contributed by atoms with Crippen molar-refractivity contribution in [2.45, 2.75) is 182 Å². The highest BCUT2D eigenvalue weighted by atomic mass is 16.5. The highest BCUT2D eigenvalue weighted by molar-refractivity contribution is 6.07. The standard InChI is InChI=1S/C92H102N12O4/c1-53-17-25-65-57(5)49-89(9,10)101(77(65)41-53)33-37-105-61-21-29-69-73(45-61)85-93-81(69)98-86-75-47-63(107-39-35-103-79-43-55(3)19-27-67(79)59(7)51-91(103,13)14)23-31-71(75)83(95-86)100-88-76-48-64(108-40-36-104-80-44-56(4)20-28-68(80)60(8)52-92(104,15)16)24-32-72(76)84(96-88)99-87-74-46-62(22-30-70(74)82(94-87)97-85)106-38-34-102-78-42-54(2)18-26-66(78)58(6)50-90(102,11)12/h17-32,41-48,57-60H,33-40,49-52H2,1-16H3,(H2,93,94,95,96,97,98,99,100)/t57-,58-,59-,60-/m0/s1. The van der Waals surface area contributed by atoms with Crippen LogP contribution in [0.4, 0.5) is 22.7 Å². The van der Waals surface area contributed by atoms with Gasteiger partial charge in [0.2, 0.25) is 0 Å². The van der Waals surface area contributed by atoms with E-state index in [9.17, 15) is 0 Å². The lowest BCUT2D eigenvalue weighted by Crippen LogP contribution is -2.50. The zero-order chi connectivity index (χ0) is 75.0. The molecule has 0 saturated carbocycles. The Morgan fingerprint density at radius 1 is 0.306 bits per heavy atom. The Bertz CT molecular complexity index is 5250. The van der Waals surface area contributed by atoms with E-state index in [0.29, 0.717) is 145 Å². The molecule has 0 amide bonds. The molecule has 6 aliphatic rings. The molecule has 16 nitrogen and oxygen atoms in total. The van der Waals surface area contributed by atoms with Gasteiger partial charge in [0.1, 0.15) is 72.0 Å². The predicted octanol–water partition coefficient (Wildman–Crippen LogP) is 20.8. The minimum Gasteiger partial charge on any atom is -0.492 e. The van der Waals surface area contributed by atoms with Crippen molar-refractivity contribution < 1.29 is 18.9 Å². The summed E-state index contributed by atoms with van der Waals surface area (Å²) in [6, 6.07) is 52.2. The van der Waals surface area contributed by atoms with Crippen LogP contribution < -0.4 is 38.5 Å². The minimum atomic E-state index is -0.0702. The highest BCUT2D eigenvalue weighted by Gasteiger charge is 2.41. The average molecular weight is 1440 g/mol. The topological polar surface area (TPSA) is 159 Å². The number of rotatable bonds is 16. The molecular formula is C92H102N12O4. The number of hydrogen-bond acceptors (Lipinski definition) is 14. The summed E-state index contributed by atoms with van der Waals surface area (Å²) in [5.74, 6) is 6.57. The number of fused-ring (bicyclic) bond motifs is 24. The molecule has 0 aliphatic carbocycles. The van der Waals surface area contributed by atoms with Gasteiger partial charge in [0, 0.05) is 88.7 Å². The number of anilines is 4. The maximum absolute atomic E-state index is 6.84. The van der Waals surface area contributed by atoms with Crippen LogP contribution in [0, 0.1) is 27.7 Å². The quantitative estimate of drug-likeness (QED) is 0.0941. The first-order valence-corrected chi connectivity index (χ1v) is 39.1. The molecule has 16 heteroatoms. The number of nitrogens with zero attached hydrogens (tertiary/aromatic N) is 10.